The lowest BCUT2D eigenvalue weighted by Gasteiger charge is -2.05. The fourth-order valence-corrected chi connectivity index (χ4v) is 0.643. The number of ether oxygens (including phenoxy) is 1. The lowest BCUT2D eigenvalue weighted by molar-refractivity contribution is -0.154. The van der Waals surface area contributed by atoms with E-state index in [1.54, 1.807) is 0 Å². The van der Waals surface area contributed by atoms with E-state index < -0.39 is 24.6 Å². The first-order valence-corrected chi connectivity index (χ1v) is 3.37. The molecule has 14 heavy (non-hydrogen) atoms. The van der Waals surface area contributed by atoms with Gasteiger partial charge >= 0.3 is 12.1 Å². The molecule has 0 aromatic carbocycles. The van der Waals surface area contributed by atoms with Crippen molar-refractivity contribution in [3.8, 4) is 5.88 Å². The summed E-state index contributed by atoms with van der Waals surface area (Å²) in [5, 5.41) is 13.6. The van der Waals surface area contributed by atoms with Gasteiger partial charge in [0.15, 0.2) is 6.61 Å². The Morgan fingerprint density at radius 2 is 2.29 bits per heavy atom. The lowest BCUT2D eigenvalue weighted by Crippen LogP contribution is -2.19. The number of aromatic amines is 1. The molecule has 1 aromatic heterocycles. The van der Waals surface area contributed by atoms with E-state index in [4.69, 9.17) is 5.11 Å². The zero-order valence-electron chi connectivity index (χ0n) is 6.63. The van der Waals surface area contributed by atoms with Crippen LogP contribution in [-0.4, -0.2) is 34.1 Å². The van der Waals surface area contributed by atoms with E-state index in [2.05, 4.69) is 9.84 Å². The van der Waals surface area contributed by atoms with Gasteiger partial charge in [0.1, 0.15) is 5.69 Å². The summed E-state index contributed by atoms with van der Waals surface area (Å²) in [5.41, 5.74) is -0.331. The second-order valence-corrected chi connectivity index (χ2v) is 2.33. The number of halogens is 3. The van der Waals surface area contributed by atoms with Gasteiger partial charge in [-0.3, -0.25) is 5.10 Å². The van der Waals surface area contributed by atoms with Crippen molar-refractivity contribution in [3.63, 3.8) is 0 Å². The first-order valence-electron chi connectivity index (χ1n) is 3.37. The van der Waals surface area contributed by atoms with Crippen LogP contribution in [0.1, 0.15) is 10.5 Å². The summed E-state index contributed by atoms with van der Waals surface area (Å²) in [7, 11) is 0. The molecule has 0 unspecified atom stereocenters. The third kappa shape index (κ3) is 2.96. The molecule has 0 spiro atoms. The van der Waals surface area contributed by atoms with Crippen LogP contribution in [0.5, 0.6) is 5.88 Å². The molecule has 0 aliphatic rings. The molecule has 2 N–H and O–H groups in total. The van der Waals surface area contributed by atoms with Crippen LogP contribution in [0.2, 0.25) is 0 Å². The largest absolute Gasteiger partial charge is 0.477 e. The SMILES string of the molecule is O=C(O)c1cc(OCC(F)(F)F)n[nH]1. The molecular formula is C6H5F3N2O3. The zero-order chi connectivity index (χ0) is 10.8. The quantitative estimate of drug-likeness (QED) is 0.781. The molecule has 5 nitrogen and oxygen atoms in total. The number of hydrogen-bond donors (Lipinski definition) is 2. The van der Waals surface area contributed by atoms with Crippen molar-refractivity contribution in [1.29, 1.82) is 0 Å². The summed E-state index contributed by atoms with van der Waals surface area (Å²) in [6.07, 6.45) is -4.47. The predicted octanol–water partition coefficient (Wildman–Crippen LogP) is 1.05. The van der Waals surface area contributed by atoms with Gasteiger partial charge in [-0.05, 0) is 0 Å². The Morgan fingerprint density at radius 3 is 2.71 bits per heavy atom. The van der Waals surface area contributed by atoms with Crippen LogP contribution < -0.4 is 4.74 Å². The van der Waals surface area contributed by atoms with Gasteiger partial charge in [-0.15, -0.1) is 5.10 Å². The molecule has 0 fully saturated rings. The van der Waals surface area contributed by atoms with E-state index in [-0.39, 0.29) is 5.69 Å². The molecule has 1 rings (SSSR count). The number of nitrogens with zero attached hydrogens (tertiary/aromatic N) is 1. The Hall–Kier alpha value is -1.73. The summed E-state index contributed by atoms with van der Waals surface area (Å²) in [4.78, 5) is 10.3. The van der Waals surface area contributed by atoms with E-state index in [0.29, 0.717) is 0 Å². The first-order chi connectivity index (χ1) is 6.38. The summed E-state index contributed by atoms with van der Waals surface area (Å²) in [6.45, 7) is -1.50. The number of aromatic carboxylic acids is 1. The van der Waals surface area contributed by atoms with Crippen molar-refractivity contribution in [2.45, 2.75) is 6.18 Å². The van der Waals surface area contributed by atoms with Crippen LogP contribution in [-0.2, 0) is 0 Å². The fraction of sp³-hybridized carbons (Fsp3) is 0.333. The number of alkyl halides is 3. The maximum Gasteiger partial charge on any atom is 0.422 e. The van der Waals surface area contributed by atoms with Gasteiger partial charge in [-0.25, -0.2) is 4.79 Å². The van der Waals surface area contributed by atoms with Crippen LogP contribution in [0.25, 0.3) is 0 Å². The highest BCUT2D eigenvalue weighted by Gasteiger charge is 2.29. The van der Waals surface area contributed by atoms with Crippen LogP contribution in [0, 0.1) is 0 Å². The summed E-state index contributed by atoms with van der Waals surface area (Å²) >= 11 is 0. The number of aromatic nitrogens is 2. The Labute approximate surface area is 75.5 Å². The van der Waals surface area contributed by atoms with Crippen molar-refractivity contribution in [1.82, 2.24) is 10.2 Å². The molecule has 78 valence electrons. The van der Waals surface area contributed by atoms with Crippen molar-refractivity contribution in [3.05, 3.63) is 11.8 Å². The number of hydrogen-bond acceptors (Lipinski definition) is 3. The molecule has 0 radical (unpaired) electrons. The van der Waals surface area contributed by atoms with E-state index in [1.165, 1.54) is 0 Å². The number of H-pyrrole nitrogens is 1. The third-order valence-corrected chi connectivity index (χ3v) is 1.17. The number of carboxylic acid groups (broad SMARTS) is 1. The Balaban J connectivity index is 2.56. The standard InChI is InChI=1S/C6H5F3N2O3/c7-6(8,9)2-14-4-1-3(5(12)13)10-11-4/h1H,2H2,(H,10,11)(H,12,13). The Bertz CT molecular complexity index is 333. The monoisotopic (exact) mass is 210 g/mol. The molecule has 0 saturated heterocycles. The van der Waals surface area contributed by atoms with Gasteiger partial charge < -0.3 is 9.84 Å². The van der Waals surface area contributed by atoms with E-state index >= 15 is 0 Å². The molecule has 0 aliphatic carbocycles. The molecule has 8 heteroatoms. The van der Waals surface area contributed by atoms with Gasteiger partial charge in [-0.1, -0.05) is 0 Å². The maximum atomic E-state index is 11.6. The number of carboxylic acids is 1. The molecular weight excluding hydrogens is 205 g/mol. The third-order valence-electron chi connectivity index (χ3n) is 1.17. The topological polar surface area (TPSA) is 75.2 Å². The summed E-state index contributed by atoms with van der Waals surface area (Å²) < 4.78 is 39.1. The second-order valence-electron chi connectivity index (χ2n) is 2.33. The fourth-order valence-electron chi connectivity index (χ4n) is 0.643. The molecule has 0 atom stereocenters. The normalized spacial score (nSPS) is 11.4. The average molecular weight is 210 g/mol. The van der Waals surface area contributed by atoms with Crippen LogP contribution in [0.15, 0.2) is 6.07 Å². The van der Waals surface area contributed by atoms with E-state index in [9.17, 15) is 18.0 Å². The van der Waals surface area contributed by atoms with Crippen molar-refractivity contribution in [2.75, 3.05) is 6.61 Å². The molecule has 0 bridgehead atoms. The highest BCUT2D eigenvalue weighted by Crippen LogP contribution is 2.17. The van der Waals surface area contributed by atoms with Gasteiger partial charge in [0, 0.05) is 6.07 Å². The van der Waals surface area contributed by atoms with E-state index in [1.807, 2.05) is 5.10 Å². The van der Waals surface area contributed by atoms with E-state index in [0.717, 1.165) is 6.07 Å². The van der Waals surface area contributed by atoms with Crippen LogP contribution in [0.4, 0.5) is 13.2 Å². The number of nitrogens with one attached hydrogen (secondary N) is 1. The Morgan fingerprint density at radius 1 is 1.64 bits per heavy atom. The first kappa shape index (κ1) is 10.4. The molecule has 1 heterocycles. The number of rotatable bonds is 3. The Kier molecular flexibility index (Phi) is 2.63. The molecule has 0 amide bonds. The predicted molar refractivity (Wildman–Crippen MR) is 37.1 cm³/mol. The second kappa shape index (κ2) is 3.56. The van der Waals surface area contributed by atoms with Crippen molar-refractivity contribution in [2.24, 2.45) is 0 Å². The molecule has 0 saturated carbocycles. The van der Waals surface area contributed by atoms with Gasteiger partial charge in [0.05, 0.1) is 0 Å². The van der Waals surface area contributed by atoms with Gasteiger partial charge in [-0.2, -0.15) is 13.2 Å². The van der Waals surface area contributed by atoms with Crippen molar-refractivity contribution >= 4 is 5.97 Å². The maximum absolute atomic E-state index is 11.6. The minimum Gasteiger partial charge on any atom is -0.477 e. The molecule has 1 aromatic rings. The molecule has 0 aliphatic heterocycles. The minimum atomic E-state index is -4.47. The smallest absolute Gasteiger partial charge is 0.422 e. The summed E-state index contributed by atoms with van der Waals surface area (Å²) in [5.74, 6) is -1.72. The number of carbonyl (C=O) groups is 1. The van der Waals surface area contributed by atoms with Gasteiger partial charge in [0.25, 0.3) is 0 Å². The van der Waals surface area contributed by atoms with Crippen LogP contribution >= 0.6 is 0 Å². The summed E-state index contributed by atoms with van der Waals surface area (Å²) in [6, 6.07) is 0.869. The average Bonchev–Trinajstić information content (AvgIpc) is 2.47. The zero-order valence-corrected chi connectivity index (χ0v) is 6.63. The van der Waals surface area contributed by atoms with Crippen molar-refractivity contribution < 1.29 is 27.8 Å². The highest BCUT2D eigenvalue weighted by atomic mass is 19.4. The lowest BCUT2D eigenvalue weighted by atomic mass is 10.4. The van der Waals surface area contributed by atoms with Gasteiger partial charge in [0.2, 0.25) is 5.88 Å². The minimum absolute atomic E-state index is 0.331. The van der Waals surface area contributed by atoms with Crippen LogP contribution in [0.3, 0.4) is 0 Å². The highest BCUT2D eigenvalue weighted by molar-refractivity contribution is 5.85.